The highest BCUT2D eigenvalue weighted by Crippen LogP contribution is 2.19. The van der Waals surface area contributed by atoms with Crippen LogP contribution in [0.25, 0.3) is 0 Å². The van der Waals surface area contributed by atoms with Gasteiger partial charge in [-0.3, -0.25) is 4.79 Å². The normalized spacial score (nSPS) is 10.4. The third kappa shape index (κ3) is 5.55. The van der Waals surface area contributed by atoms with Crippen LogP contribution in [0.1, 0.15) is 29.6 Å². The minimum absolute atomic E-state index is 0.124. The van der Waals surface area contributed by atoms with Gasteiger partial charge in [0.05, 0.1) is 10.6 Å². The zero-order chi connectivity index (χ0) is 13.4. The quantitative estimate of drug-likeness (QED) is 0.591. The van der Waals surface area contributed by atoms with Crippen LogP contribution in [0.15, 0.2) is 23.1 Å². The molecule has 1 aromatic carbocycles. The predicted molar refractivity (Wildman–Crippen MR) is 83.3 cm³/mol. The van der Waals surface area contributed by atoms with E-state index in [1.807, 2.05) is 11.8 Å². The Kier molecular flexibility index (Phi) is 7.63. The second-order valence-electron chi connectivity index (χ2n) is 3.97. The molecule has 1 aromatic rings. The molecule has 0 spiro atoms. The molecule has 18 heavy (non-hydrogen) atoms. The lowest BCUT2D eigenvalue weighted by Gasteiger charge is -2.07. The molecule has 0 unspecified atom stereocenters. The van der Waals surface area contributed by atoms with Gasteiger partial charge in [0.25, 0.3) is 5.91 Å². The Morgan fingerprint density at radius 1 is 1.39 bits per heavy atom. The molecule has 0 saturated carbocycles. The van der Waals surface area contributed by atoms with Gasteiger partial charge in [-0.1, -0.05) is 18.0 Å². The monoisotopic (exact) mass is 303 g/mol. The van der Waals surface area contributed by atoms with Gasteiger partial charge in [0.2, 0.25) is 0 Å². The highest BCUT2D eigenvalue weighted by Gasteiger charge is 2.09. The maximum atomic E-state index is 11.9. The smallest absolute Gasteiger partial charge is 0.252 e. The van der Waals surface area contributed by atoms with E-state index in [0.29, 0.717) is 17.1 Å². The van der Waals surface area contributed by atoms with Crippen LogP contribution in [0.4, 0.5) is 0 Å². The molecule has 0 atom stereocenters. The summed E-state index contributed by atoms with van der Waals surface area (Å²) in [6.07, 6.45) is 5.45. The van der Waals surface area contributed by atoms with Crippen LogP contribution in [0.3, 0.4) is 0 Å². The van der Waals surface area contributed by atoms with E-state index in [4.69, 9.17) is 11.6 Å². The molecule has 2 nitrogen and oxygen atoms in total. The highest BCUT2D eigenvalue weighted by atomic mass is 35.5. The number of carbonyl (C=O) groups is 1. The number of unbranched alkanes of at least 4 members (excludes halogenated alkanes) is 2. The zero-order valence-electron chi connectivity index (χ0n) is 10.4. The summed E-state index contributed by atoms with van der Waals surface area (Å²) in [6.45, 7) is 0.695. The second-order valence-corrected chi connectivity index (χ2v) is 5.88. The molecule has 1 amide bonds. The molecule has 0 aliphatic heterocycles. The first-order valence-corrected chi connectivity index (χ1v) is 8.12. The lowest BCUT2D eigenvalue weighted by Crippen LogP contribution is -2.24. The largest absolute Gasteiger partial charge is 0.352 e. The van der Waals surface area contributed by atoms with Gasteiger partial charge in [-0.15, -0.1) is 12.6 Å². The molecule has 100 valence electrons. The molecular formula is C13H18ClNOS2. The maximum absolute atomic E-state index is 11.9. The first-order valence-electron chi connectivity index (χ1n) is 5.91. The SMILES string of the molecule is CSCCCCCNC(=O)c1cc(S)ccc1Cl. The third-order valence-electron chi connectivity index (χ3n) is 2.51. The van der Waals surface area contributed by atoms with Crippen LogP contribution in [0.2, 0.25) is 5.02 Å². The molecule has 0 fully saturated rings. The van der Waals surface area contributed by atoms with Crippen molar-refractivity contribution in [3.05, 3.63) is 28.8 Å². The molecule has 0 aromatic heterocycles. The number of thioether (sulfide) groups is 1. The molecule has 1 rings (SSSR count). The summed E-state index contributed by atoms with van der Waals surface area (Å²) in [7, 11) is 0. The summed E-state index contributed by atoms with van der Waals surface area (Å²) in [6, 6.07) is 5.15. The average Bonchev–Trinajstić information content (AvgIpc) is 2.36. The van der Waals surface area contributed by atoms with E-state index in [1.54, 1.807) is 18.2 Å². The van der Waals surface area contributed by atoms with E-state index in [-0.39, 0.29) is 5.91 Å². The van der Waals surface area contributed by atoms with Crippen LogP contribution < -0.4 is 5.32 Å². The van der Waals surface area contributed by atoms with Crippen molar-refractivity contribution in [2.24, 2.45) is 0 Å². The van der Waals surface area contributed by atoms with Crippen molar-refractivity contribution in [3.63, 3.8) is 0 Å². The Morgan fingerprint density at radius 2 is 2.17 bits per heavy atom. The van der Waals surface area contributed by atoms with E-state index in [2.05, 4.69) is 24.2 Å². The lowest BCUT2D eigenvalue weighted by molar-refractivity contribution is 0.0953. The number of thiol groups is 1. The summed E-state index contributed by atoms with van der Waals surface area (Å²) in [4.78, 5) is 12.6. The zero-order valence-corrected chi connectivity index (χ0v) is 12.9. The van der Waals surface area contributed by atoms with Crippen molar-refractivity contribution >= 4 is 41.9 Å². The molecule has 0 aliphatic rings. The lowest BCUT2D eigenvalue weighted by atomic mass is 10.2. The maximum Gasteiger partial charge on any atom is 0.252 e. The first kappa shape index (κ1) is 15.7. The number of carbonyl (C=O) groups excluding carboxylic acids is 1. The molecule has 1 N–H and O–H groups in total. The van der Waals surface area contributed by atoms with Gasteiger partial charge in [-0.05, 0) is 43.0 Å². The van der Waals surface area contributed by atoms with Gasteiger partial charge in [0.1, 0.15) is 0 Å². The number of hydrogen-bond acceptors (Lipinski definition) is 3. The number of halogens is 1. The van der Waals surface area contributed by atoms with Gasteiger partial charge in [-0.2, -0.15) is 11.8 Å². The fourth-order valence-corrected chi connectivity index (χ4v) is 2.43. The number of benzene rings is 1. The number of nitrogens with one attached hydrogen (secondary N) is 1. The van der Waals surface area contributed by atoms with Crippen LogP contribution in [0.5, 0.6) is 0 Å². The van der Waals surface area contributed by atoms with Crippen LogP contribution in [-0.4, -0.2) is 24.5 Å². The molecule has 0 aliphatic carbocycles. The Bertz CT molecular complexity index is 399. The summed E-state index contributed by atoms with van der Waals surface area (Å²) in [5.41, 5.74) is 0.494. The third-order valence-corrected chi connectivity index (χ3v) is 3.81. The molecule has 0 saturated heterocycles. The van der Waals surface area contributed by atoms with Crippen LogP contribution in [-0.2, 0) is 0 Å². The number of hydrogen-bond donors (Lipinski definition) is 2. The Hall–Kier alpha value is -0.320. The average molecular weight is 304 g/mol. The van der Waals surface area contributed by atoms with Gasteiger partial charge in [0, 0.05) is 11.4 Å². The van der Waals surface area contributed by atoms with E-state index in [9.17, 15) is 4.79 Å². The Labute approximate surface area is 123 Å². The van der Waals surface area contributed by atoms with Gasteiger partial charge in [0.15, 0.2) is 0 Å². The molecule has 5 heteroatoms. The van der Waals surface area contributed by atoms with Crippen molar-refractivity contribution in [1.29, 1.82) is 0 Å². The molecule has 0 radical (unpaired) electrons. The highest BCUT2D eigenvalue weighted by molar-refractivity contribution is 7.98. The van der Waals surface area contributed by atoms with Gasteiger partial charge >= 0.3 is 0 Å². The summed E-state index contributed by atoms with van der Waals surface area (Å²) < 4.78 is 0. The van der Waals surface area contributed by atoms with Gasteiger partial charge in [-0.25, -0.2) is 0 Å². The molecular weight excluding hydrogens is 286 g/mol. The second kappa shape index (κ2) is 8.73. The van der Waals surface area contributed by atoms with Crippen molar-refractivity contribution in [3.8, 4) is 0 Å². The molecule has 0 heterocycles. The first-order chi connectivity index (χ1) is 8.65. The standard InChI is InChI=1S/C13H18ClNOS2/c1-18-8-4-2-3-7-15-13(16)11-9-10(17)5-6-12(11)14/h5-6,9,17H,2-4,7-8H2,1H3,(H,15,16). The number of rotatable bonds is 7. The van der Waals surface area contributed by atoms with Crippen molar-refractivity contribution < 1.29 is 4.79 Å². The molecule has 0 bridgehead atoms. The minimum atomic E-state index is -0.124. The van der Waals surface area contributed by atoms with E-state index in [0.717, 1.165) is 17.7 Å². The topological polar surface area (TPSA) is 29.1 Å². The summed E-state index contributed by atoms with van der Waals surface area (Å²) in [5, 5.41) is 3.35. The van der Waals surface area contributed by atoms with E-state index < -0.39 is 0 Å². The summed E-state index contributed by atoms with van der Waals surface area (Å²) in [5.74, 6) is 1.06. The Balaban J connectivity index is 2.34. The predicted octanol–water partition coefficient (Wildman–Crippen LogP) is 3.89. The fraction of sp³-hybridized carbons (Fsp3) is 0.462. The Morgan fingerprint density at radius 3 is 2.89 bits per heavy atom. The fourth-order valence-electron chi connectivity index (χ4n) is 1.53. The van der Waals surface area contributed by atoms with Crippen molar-refractivity contribution in [2.75, 3.05) is 18.6 Å². The van der Waals surface area contributed by atoms with Crippen LogP contribution in [0, 0.1) is 0 Å². The van der Waals surface area contributed by atoms with Crippen molar-refractivity contribution in [1.82, 2.24) is 5.32 Å². The van der Waals surface area contributed by atoms with Crippen molar-refractivity contribution in [2.45, 2.75) is 24.2 Å². The number of amides is 1. The summed E-state index contributed by atoms with van der Waals surface area (Å²) >= 11 is 12.0. The van der Waals surface area contributed by atoms with Gasteiger partial charge < -0.3 is 5.32 Å². The minimum Gasteiger partial charge on any atom is -0.352 e. The van der Waals surface area contributed by atoms with Crippen LogP contribution >= 0.6 is 36.0 Å². The van der Waals surface area contributed by atoms with E-state index in [1.165, 1.54) is 12.2 Å². The van der Waals surface area contributed by atoms with E-state index >= 15 is 0 Å².